The Hall–Kier alpha value is -2.48. The number of rotatable bonds is 7. The van der Waals surface area contributed by atoms with Crippen molar-refractivity contribution in [2.75, 3.05) is 5.32 Å². The number of carbonyl (C=O) groups excluding carboxylic acids is 1. The summed E-state index contributed by atoms with van der Waals surface area (Å²) in [4.78, 5) is 33.1. The highest BCUT2D eigenvalue weighted by Crippen LogP contribution is 2.61. The molecule has 174 valence electrons. The fraction of sp³-hybridized carbons (Fsp3) is 0.520. The van der Waals surface area contributed by atoms with Gasteiger partial charge in [-0.3, -0.25) is 9.59 Å². The first-order valence-electron chi connectivity index (χ1n) is 11.7. The van der Waals surface area contributed by atoms with Gasteiger partial charge in [-0.1, -0.05) is 32.9 Å². The molecule has 1 aromatic carbocycles. The van der Waals surface area contributed by atoms with E-state index in [0.29, 0.717) is 46.3 Å². The maximum Gasteiger partial charge on any atom is 0.283 e. The van der Waals surface area contributed by atoms with Gasteiger partial charge in [-0.15, -0.1) is 0 Å². The minimum absolute atomic E-state index is 0.0455. The van der Waals surface area contributed by atoms with Gasteiger partial charge in [0.05, 0.1) is 22.9 Å². The van der Waals surface area contributed by atoms with Crippen molar-refractivity contribution in [1.82, 2.24) is 19.7 Å². The molecule has 0 aliphatic heterocycles. The van der Waals surface area contributed by atoms with Gasteiger partial charge in [0.2, 0.25) is 0 Å². The molecule has 3 aliphatic carbocycles. The standard InChI is InChI=1S/C25H30BrN5O2/c1-14-17-10-15(25(17,2)3)11-20(14)28-21-12-27-31(24(33)23(21)26)13-16(32)8-9-22-29-18-6-4-5-7-19(18)30-22/h4-7,12,14-15,17,20,28H,8-11,13H2,1-3H3,(H,29,30)/t14-,15+,17-,20-/m1/s1. The first kappa shape index (κ1) is 22.3. The number of fused-ring (bicyclic) bond motifs is 3. The number of ketones is 1. The first-order valence-corrected chi connectivity index (χ1v) is 12.5. The highest BCUT2D eigenvalue weighted by molar-refractivity contribution is 9.10. The smallest absolute Gasteiger partial charge is 0.283 e. The van der Waals surface area contributed by atoms with E-state index in [1.165, 1.54) is 11.1 Å². The van der Waals surface area contributed by atoms with Crippen LogP contribution >= 0.6 is 15.9 Å². The Morgan fingerprint density at radius 3 is 2.82 bits per heavy atom. The van der Waals surface area contributed by atoms with Gasteiger partial charge in [-0.05, 0) is 64.1 Å². The van der Waals surface area contributed by atoms with Crippen molar-refractivity contribution in [3.05, 3.63) is 51.1 Å². The Kier molecular flexibility index (Phi) is 5.67. The van der Waals surface area contributed by atoms with Crippen LogP contribution in [0.15, 0.2) is 39.7 Å². The summed E-state index contributed by atoms with van der Waals surface area (Å²) in [5.74, 6) is 2.70. The number of benzene rings is 1. The zero-order valence-electron chi connectivity index (χ0n) is 19.3. The zero-order chi connectivity index (χ0) is 23.3. The largest absolute Gasteiger partial charge is 0.380 e. The number of carbonyl (C=O) groups is 1. The lowest BCUT2D eigenvalue weighted by Crippen LogP contribution is -2.58. The van der Waals surface area contributed by atoms with Gasteiger partial charge >= 0.3 is 0 Å². The van der Waals surface area contributed by atoms with Crippen molar-refractivity contribution < 1.29 is 4.79 Å². The van der Waals surface area contributed by atoms with Crippen molar-refractivity contribution in [3.63, 3.8) is 0 Å². The number of nitrogens with zero attached hydrogens (tertiary/aromatic N) is 3. The van der Waals surface area contributed by atoms with Crippen molar-refractivity contribution in [2.24, 2.45) is 23.2 Å². The summed E-state index contributed by atoms with van der Waals surface area (Å²) in [5, 5.41) is 7.84. The zero-order valence-corrected chi connectivity index (χ0v) is 20.9. The summed E-state index contributed by atoms with van der Waals surface area (Å²) < 4.78 is 1.68. The van der Waals surface area contributed by atoms with Gasteiger partial charge in [0.25, 0.3) is 5.56 Å². The third kappa shape index (κ3) is 4.03. The van der Waals surface area contributed by atoms with Crippen LogP contribution in [-0.4, -0.2) is 31.6 Å². The number of para-hydroxylation sites is 2. The fourth-order valence-corrected chi connectivity index (χ4v) is 6.27. The predicted molar refractivity (Wildman–Crippen MR) is 132 cm³/mol. The second kappa shape index (κ2) is 8.38. The van der Waals surface area contributed by atoms with Crippen LogP contribution in [0.3, 0.4) is 0 Å². The van der Waals surface area contributed by atoms with E-state index >= 15 is 0 Å². The molecule has 0 spiro atoms. The molecule has 0 amide bonds. The molecule has 0 unspecified atom stereocenters. The number of Topliss-reactive ketones (excluding diaryl/α,β-unsaturated/α-hetero) is 1. The summed E-state index contributed by atoms with van der Waals surface area (Å²) in [5.41, 5.74) is 2.68. The molecule has 6 rings (SSSR count). The molecular weight excluding hydrogens is 482 g/mol. The quantitative estimate of drug-likeness (QED) is 0.484. The molecule has 2 aromatic heterocycles. The average Bonchev–Trinajstić information content (AvgIpc) is 3.21. The molecule has 33 heavy (non-hydrogen) atoms. The molecule has 2 heterocycles. The number of hydrogen-bond acceptors (Lipinski definition) is 5. The number of hydrogen-bond donors (Lipinski definition) is 2. The predicted octanol–water partition coefficient (Wildman–Crippen LogP) is 4.57. The highest BCUT2D eigenvalue weighted by Gasteiger charge is 2.56. The number of halogens is 1. The molecule has 4 atom stereocenters. The summed E-state index contributed by atoms with van der Waals surface area (Å²) >= 11 is 3.45. The number of anilines is 1. The monoisotopic (exact) mass is 511 g/mol. The maximum atomic E-state index is 12.9. The normalized spacial score (nSPS) is 25.6. The lowest BCUT2D eigenvalue weighted by atomic mass is 9.45. The molecule has 0 saturated heterocycles. The maximum absolute atomic E-state index is 12.9. The first-order chi connectivity index (χ1) is 15.7. The molecular formula is C25H30BrN5O2. The lowest BCUT2D eigenvalue weighted by molar-refractivity contribution is -0.119. The van der Waals surface area contributed by atoms with Gasteiger partial charge < -0.3 is 10.3 Å². The molecule has 0 radical (unpaired) electrons. The Bertz CT molecular complexity index is 1230. The molecule has 3 fully saturated rings. The number of nitrogens with one attached hydrogen (secondary N) is 2. The van der Waals surface area contributed by atoms with E-state index < -0.39 is 0 Å². The van der Waals surface area contributed by atoms with Gasteiger partial charge in [-0.25, -0.2) is 9.67 Å². The molecule has 2 N–H and O–H groups in total. The minimum atomic E-state index is -0.286. The Balaban J connectivity index is 1.21. The van der Waals surface area contributed by atoms with E-state index in [-0.39, 0.29) is 17.9 Å². The van der Waals surface area contributed by atoms with Crippen LogP contribution in [0.4, 0.5) is 5.69 Å². The third-order valence-electron chi connectivity index (χ3n) is 8.09. The van der Waals surface area contributed by atoms with E-state index in [0.717, 1.165) is 29.2 Å². The number of aromatic amines is 1. The summed E-state index contributed by atoms with van der Waals surface area (Å²) in [6.07, 6.45) is 4.88. The summed E-state index contributed by atoms with van der Waals surface area (Å²) in [6, 6.07) is 8.11. The Labute approximate surface area is 201 Å². The van der Waals surface area contributed by atoms with E-state index in [1.807, 2.05) is 24.3 Å². The van der Waals surface area contributed by atoms with Crippen LogP contribution in [0.25, 0.3) is 11.0 Å². The minimum Gasteiger partial charge on any atom is -0.380 e. The van der Waals surface area contributed by atoms with Crippen molar-refractivity contribution in [3.8, 4) is 0 Å². The van der Waals surface area contributed by atoms with E-state index in [1.54, 1.807) is 6.20 Å². The fourth-order valence-electron chi connectivity index (χ4n) is 5.85. The van der Waals surface area contributed by atoms with Gasteiger partial charge in [0.15, 0.2) is 5.78 Å². The van der Waals surface area contributed by atoms with Crippen molar-refractivity contribution >= 4 is 38.4 Å². The summed E-state index contributed by atoms with van der Waals surface area (Å²) in [6.45, 7) is 7.02. The topological polar surface area (TPSA) is 92.7 Å². The Morgan fingerprint density at radius 1 is 1.30 bits per heavy atom. The van der Waals surface area contributed by atoms with Gasteiger partial charge in [0.1, 0.15) is 16.8 Å². The third-order valence-corrected chi connectivity index (χ3v) is 8.85. The number of H-pyrrole nitrogens is 1. The molecule has 3 aliphatic rings. The number of imidazole rings is 1. The number of aromatic nitrogens is 4. The van der Waals surface area contributed by atoms with E-state index in [4.69, 9.17) is 0 Å². The van der Waals surface area contributed by atoms with Crippen LogP contribution in [0.5, 0.6) is 0 Å². The van der Waals surface area contributed by atoms with Crippen LogP contribution in [-0.2, 0) is 17.8 Å². The second-order valence-corrected chi connectivity index (χ2v) is 11.1. The average molecular weight is 512 g/mol. The second-order valence-electron chi connectivity index (χ2n) is 10.3. The molecule has 7 nitrogen and oxygen atoms in total. The molecule has 2 bridgehead atoms. The number of aryl methyl sites for hydroxylation is 1. The SMILES string of the molecule is C[C@@H]1[C@H]2C[C@@H](C[C@H]1Nc1cnn(CC(=O)CCc3nc4ccccc4[nH]3)c(=O)c1Br)C2(C)C. The van der Waals surface area contributed by atoms with Gasteiger partial charge in [-0.2, -0.15) is 5.10 Å². The van der Waals surface area contributed by atoms with Crippen molar-refractivity contribution in [2.45, 2.75) is 59.0 Å². The van der Waals surface area contributed by atoms with E-state index in [9.17, 15) is 9.59 Å². The van der Waals surface area contributed by atoms with Crippen LogP contribution in [0.1, 0.15) is 45.9 Å². The molecule has 8 heteroatoms. The van der Waals surface area contributed by atoms with Crippen LogP contribution in [0, 0.1) is 23.2 Å². The summed E-state index contributed by atoms with van der Waals surface area (Å²) in [7, 11) is 0. The molecule has 3 saturated carbocycles. The van der Waals surface area contributed by atoms with Crippen molar-refractivity contribution in [1.29, 1.82) is 0 Å². The van der Waals surface area contributed by atoms with Gasteiger partial charge in [0, 0.05) is 18.9 Å². The van der Waals surface area contributed by atoms with Crippen LogP contribution < -0.4 is 10.9 Å². The highest BCUT2D eigenvalue weighted by atomic mass is 79.9. The lowest BCUT2D eigenvalue weighted by Gasteiger charge is -2.62. The molecule has 3 aromatic rings. The van der Waals surface area contributed by atoms with E-state index in [2.05, 4.69) is 57.1 Å². The Morgan fingerprint density at radius 2 is 2.09 bits per heavy atom. The van der Waals surface area contributed by atoms with Crippen LogP contribution in [0.2, 0.25) is 0 Å².